The first-order chi connectivity index (χ1) is 9.45. The number of pyridine rings is 1. The number of anilines is 1. The molecule has 0 fully saturated rings. The number of aromatic nitrogens is 3. The van der Waals surface area contributed by atoms with Crippen LogP contribution >= 0.6 is 23.4 Å². The zero-order chi connectivity index (χ0) is 14.7. The third-order valence-corrected chi connectivity index (χ3v) is 3.76. The normalized spacial score (nSPS) is 12.2. The minimum atomic E-state index is -0.0211. The van der Waals surface area contributed by atoms with Crippen LogP contribution in [0.4, 0.5) is 5.82 Å². The van der Waals surface area contributed by atoms with Gasteiger partial charge in [-0.1, -0.05) is 23.4 Å². The minimum Gasteiger partial charge on any atom is -0.384 e. The molecular weight excluding hydrogens is 296 g/mol. The number of carbonyl (C=O) groups is 1. The van der Waals surface area contributed by atoms with Gasteiger partial charge in [0.2, 0.25) is 0 Å². The Morgan fingerprint density at radius 2 is 2.15 bits per heavy atom. The SMILES string of the molecule is CC(=O)c1ccnc(C(C)Sc2nc(N)cc(Cl)n2)c1. The highest BCUT2D eigenvalue weighted by atomic mass is 35.5. The summed E-state index contributed by atoms with van der Waals surface area (Å²) in [4.78, 5) is 23.9. The van der Waals surface area contributed by atoms with Crippen LogP contribution in [0.2, 0.25) is 5.15 Å². The zero-order valence-electron chi connectivity index (χ0n) is 11.0. The molecule has 0 aliphatic heterocycles. The standard InChI is InChI=1S/C13H13ClN4OS/c1-7(19)9-3-4-16-10(5-9)8(2)20-13-17-11(14)6-12(15)18-13/h3-6,8H,1-2H3,(H2,15,17,18). The number of thioether (sulfide) groups is 1. The average Bonchev–Trinajstić information content (AvgIpc) is 2.37. The van der Waals surface area contributed by atoms with Crippen molar-refractivity contribution in [2.24, 2.45) is 0 Å². The fourth-order valence-corrected chi connectivity index (χ4v) is 2.69. The quantitative estimate of drug-likeness (QED) is 0.404. The molecule has 1 atom stereocenters. The second-order valence-electron chi connectivity index (χ2n) is 4.18. The van der Waals surface area contributed by atoms with Crippen LogP contribution in [0.25, 0.3) is 0 Å². The number of nitrogen functional groups attached to an aromatic ring is 1. The molecule has 104 valence electrons. The lowest BCUT2D eigenvalue weighted by Gasteiger charge is -2.10. The first-order valence-electron chi connectivity index (χ1n) is 5.89. The molecule has 0 spiro atoms. The molecule has 1 unspecified atom stereocenters. The van der Waals surface area contributed by atoms with Gasteiger partial charge in [0, 0.05) is 17.8 Å². The summed E-state index contributed by atoms with van der Waals surface area (Å²) in [6.45, 7) is 3.48. The van der Waals surface area contributed by atoms with E-state index in [4.69, 9.17) is 17.3 Å². The number of rotatable bonds is 4. The highest BCUT2D eigenvalue weighted by Gasteiger charge is 2.13. The van der Waals surface area contributed by atoms with E-state index in [9.17, 15) is 4.79 Å². The molecule has 20 heavy (non-hydrogen) atoms. The molecule has 5 nitrogen and oxygen atoms in total. The van der Waals surface area contributed by atoms with Crippen molar-refractivity contribution >= 4 is 35.0 Å². The van der Waals surface area contributed by atoms with Gasteiger partial charge in [0.25, 0.3) is 0 Å². The summed E-state index contributed by atoms with van der Waals surface area (Å²) in [5.74, 6) is 0.333. The van der Waals surface area contributed by atoms with E-state index in [1.165, 1.54) is 24.8 Å². The molecule has 0 aliphatic rings. The molecule has 2 aromatic rings. The van der Waals surface area contributed by atoms with Gasteiger partial charge >= 0.3 is 0 Å². The third kappa shape index (κ3) is 3.68. The van der Waals surface area contributed by atoms with Crippen molar-refractivity contribution in [1.29, 1.82) is 0 Å². The summed E-state index contributed by atoms with van der Waals surface area (Å²) in [6.07, 6.45) is 1.62. The van der Waals surface area contributed by atoms with Gasteiger partial charge in [0.05, 0.1) is 10.9 Å². The van der Waals surface area contributed by atoms with Crippen molar-refractivity contribution in [2.45, 2.75) is 24.3 Å². The summed E-state index contributed by atoms with van der Waals surface area (Å²) >= 11 is 7.23. The number of hydrogen-bond acceptors (Lipinski definition) is 6. The minimum absolute atomic E-state index is 0.00843. The predicted octanol–water partition coefficient (Wildman–Crippen LogP) is 3.16. The smallest absolute Gasteiger partial charge is 0.191 e. The molecule has 7 heteroatoms. The van der Waals surface area contributed by atoms with Gasteiger partial charge in [-0.2, -0.15) is 0 Å². The number of nitrogens with two attached hydrogens (primary N) is 1. The maximum absolute atomic E-state index is 11.4. The maximum Gasteiger partial charge on any atom is 0.191 e. The molecule has 2 aromatic heterocycles. The predicted molar refractivity (Wildman–Crippen MR) is 80.0 cm³/mol. The molecule has 2 heterocycles. The largest absolute Gasteiger partial charge is 0.384 e. The van der Waals surface area contributed by atoms with E-state index >= 15 is 0 Å². The maximum atomic E-state index is 11.4. The van der Waals surface area contributed by atoms with Gasteiger partial charge in [-0.15, -0.1) is 0 Å². The van der Waals surface area contributed by atoms with Crippen LogP contribution in [0.15, 0.2) is 29.6 Å². The van der Waals surface area contributed by atoms with Crippen molar-refractivity contribution < 1.29 is 4.79 Å². The van der Waals surface area contributed by atoms with Gasteiger partial charge in [0.1, 0.15) is 11.0 Å². The number of halogens is 1. The van der Waals surface area contributed by atoms with Crippen molar-refractivity contribution in [1.82, 2.24) is 15.0 Å². The van der Waals surface area contributed by atoms with E-state index in [1.54, 1.807) is 18.3 Å². The van der Waals surface area contributed by atoms with Gasteiger partial charge in [-0.25, -0.2) is 9.97 Å². The molecule has 0 aromatic carbocycles. The van der Waals surface area contributed by atoms with Gasteiger partial charge < -0.3 is 5.73 Å². The van der Waals surface area contributed by atoms with Crippen LogP contribution < -0.4 is 5.73 Å². The van der Waals surface area contributed by atoms with Crippen LogP contribution in [-0.2, 0) is 0 Å². The van der Waals surface area contributed by atoms with Crippen LogP contribution in [0.1, 0.15) is 35.1 Å². The molecule has 0 amide bonds. The van der Waals surface area contributed by atoms with Crippen LogP contribution in [-0.4, -0.2) is 20.7 Å². The van der Waals surface area contributed by atoms with E-state index < -0.39 is 0 Å². The lowest BCUT2D eigenvalue weighted by Crippen LogP contribution is -2.00. The molecule has 0 bridgehead atoms. The Morgan fingerprint density at radius 3 is 2.80 bits per heavy atom. The zero-order valence-corrected chi connectivity index (χ0v) is 12.6. The van der Waals surface area contributed by atoms with Crippen LogP contribution in [0, 0.1) is 0 Å². The summed E-state index contributed by atoms with van der Waals surface area (Å²) in [7, 11) is 0. The molecule has 0 saturated heterocycles. The Balaban J connectivity index is 2.21. The number of carbonyl (C=O) groups excluding carboxylic acids is 1. The van der Waals surface area contributed by atoms with E-state index in [0.29, 0.717) is 21.7 Å². The molecule has 0 aliphatic carbocycles. The van der Waals surface area contributed by atoms with Gasteiger partial charge in [0.15, 0.2) is 10.9 Å². The second kappa shape index (κ2) is 6.19. The number of hydrogen-bond donors (Lipinski definition) is 1. The number of nitrogens with zero attached hydrogens (tertiary/aromatic N) is 3. The topological polar surface area (TPSA) is 81.8 Å². The summed E-state index contributed by atoms with van der Waals surface area (Å²) < 4.78 is 0. The Morgan fingerprint density at radius 1 is 1.40 bits per heavy atom. The molecular formula is C13H13ClN4OS. The highest BCUT2D eigenvalue weighted by molar-refractivity contribution is 7.99. The van der Waals surface area contributed by atoms with E-state index in [2.05, 4.69) is 15.0 Å². The van der Waals surface area contributed by atoms with Crippen LogP contribution in [0.3, 0.4) is 0 Å². The van der Waals surface area contributed by atoms with Crippen molar-refractivity contribution in [3.05, 3.63) is 40.8 Å². The van der Waals surface area contributed by atoms with E-state index in [1.807, 2.05) is 6.92 Å². The van der Waals surface area contributed by atoms with Gasteiger partial charge in [-0.3, -0.25) is 9.78 Å². The average molecular weight is 309 g/mol. The highest BCUT2D eigenvalue weighted by Crippen LogP contribution is 2.32. The van der Waals surface area contributed by atoms with Crippen molar-refractivity contribution in [2.75, 3.05) is 5.73 Å². The molecule has 2 N–H and O–H groups in total. The van der Waals surface area contributed by atoms with Crippen molar-refractivity contribution in [3.8, 4) is 0 Å². The third-order valence-electron chi connectivity index (χ3n) is 2.58. The lowest BCUT2D eigenvalue weighted by atomic mass is 10.1. The Labute approximate surface area is 126 Å². The molecule has 0 radical (unpaired) electrons. The summed E-state index contributed by atoms with van der Waals surface area (Å²) in [5.41, 5.74) is 7.04. The van der Waals surface area contributed by atoms with E-state index in [0.717, 1.165) is 5.69 Å². The fourth-order valence-electron chi connectivity index (χ4n) is 1.57. The molecule has 2 rings (SSSR count). The second-order valence-corrected chi connectivity index (χ2v) is 5.88. The van der Waals surface area contributed by atoms with Gasteiger partial charge in [-0.05, 0) is 26.0 Å². The Hall–Kier alpha value is -1.66. The monoisotopic (exact) mass is 308 g/mol. The van der Waals surface area contributed by atoms with E-state index in [-0.39, 0.29) is 11.0 Å². The number of ketones is 1. The first kappa shape index (κ1) is 14.7. The van der Waals surface area contributed by atoms with Crippen molar-refractivity contribution in [3.63, 3.8) is 0 Å². The Kier molecular flexibility index (Phi) is 4.57. The lowest BCUT2D eigenvalue weighted by molar-refractivity contribution is 0.101. The summed E-state index contributed by atoms with van der Waals surface area (Å²) in [6, 6.07) is 4.95. The fraction of sp³-hybridized carbons (Fsp3) is 0.231. The first-order valence-corrected chi connectivity index (χ1v) is 7.15. The van der Waals surface area contributed by atoms with Crippen LogP contribution in [0.5, 0.6) is 0 Å². The Bertz CT molecular complexity index is 630. The summed E-state index contributed by atoms with van der Waals surface area (Å²) in [5, 5.41) is 0.766. The molecule has 0 saturated carbocycles. The number of Topliss-reactive ketones (excluding diaryl/α,β-unsaturated/α-hetero) is 1.